The summed E-state index contributed by atoms with van der Waals surface area (Å²) in [7, 11) is -0.534. The van der Waals surface area contributed by atoms with Gasteiger partial charge in [0.2, 0.25) is 0 Å². The number of rotatable bonds is 9. The predicted molar refractivity (Wildman–Crippen MR) is 165 cm³/mol. The maximum Gasteiger partial charge on any atom is 0.191 e. The monoisotopic (exact) mass is 612 g/mol. The van der Waals surface area contributed by atoms with Gasteiger partial charge in [-0.3, -0.25) is 14.2 Å². The minimum absolute atomic E-state index is 0.264. The lowest BCUT2D eigenvalue weighted by molar-refractivity contribution is 0.0285. The number of anilines is 2. The SMILES string of the molecule is CCc1nc2ccc(C3CCN(C(CN4CCOCC4)[SH](=O)=O)CC3)cn2c1N(C)c1nc(-c2ccc(F)cc2)cs1. The van der Waals surface area contributed by atoms with Crippen molar-refractivity contribution in [3.8, 4) is 11.3 Å². The van der Waals surface area contributed by atoms with Crippen LogP contribution in [0.25, 0.3) is 16.9 Å². The van der Waals surface area contributed by atoms with Gasteiger partial charge in [-0.05, 0) is 74.2 Å². The quantitative estimate of drug-likeness (QED) is 0.279. The molecule has 0 spiro atoms. The number of imidazole rings is 1. The van der Waals surface area contributed by atoms with Crippen LogP contribution < -0.4 is 4.90 Å². The van der Waals surface area contributed by atoms with Crippen LogP contribution in [-0.2, 0) is 21.9 Å². The Balaban J connectivity index is 1.20. The van der Waals surface area contributed by atoms with Gasteiger partial charge < -0.3 is 9.64 Å². The van der Waals surface area contributed by atoms with E-state index >= 15 is 0 Å². The summed E-state index contributed by atoms with van der Waals surface area (Å²) in [5.41, 5.74) is 4.81. The van der Waals surface area contributed by atoms with Gasteiger partial charge in [0.05, 0.1) is 24.6 Å². The first-order valence-corrected chi connectivity index (χ1v) is 16.7. The third-order valence-electron chi connectivity index (χ3n) is 8.45. The Kier molecular flexibility index (Phi) is 8.87. The van der Waals surface area contributed by atoms with Crippen molar-refractivity contribution in [2.45, 2.75) is 37.5 Å². The van der Waals surface area contributed by atoms with Crippen molar-refractivity contribution in [2.24, 2.45) is 0 Å². The average Bonchev–Trinajstić information content (AvgIpc) is 3.65. The fraction of sp³-hybridized carbons (Fsp3) is 0.467. The summed E-state index contributed by atoms with van der Waals surface area (Å²) in [5.74, 6) is 1.07. The van der Waals surface area contributed by atoms with E-state index in [2.05, 4.69) is 44.4 Å². The molecule has 42 heavy (non-hydrogen) atoms. The van der Waals surface area contributed by atoms with Crippen LogP contribution in [0.4, 0.5) is 15.3 Å². The van der Waals surface area contributed by atoms with Crippen molar-refractivity contribution < 1.29 is 17.5 Å². The lowest BCUT2D eigenvalue weighted by atomic mass is 9.90. The van der Waals surface area contributed by atoms with E-state index in [0.717, 1.165) is 79.0 Å². The molecule has 0 N–H and O–H groups in total. The molecule has 0 saturated carbocycles. The fourth-order valence-corrected chi connectivity index (χ4v) is 7.72. The Morgan fingerprint density at radius 1 is 1.07 bits per heavy atom. The molecule has 5 heterocycles. The first-order chi connectivity index (χ1) is 20.4. The number of morpholine rings is 1. The Morgan fingerprint density at radius 3 is 2.50 bits per heavy atom. The average molecular weight is 613 g/mol. The van der Waals surface area contributed by atoms with E-state index in [1.54, 1.807) is 23.5 Å². The smallest absolute Gasteiger partial charge is 0.191 e. The fourth-order valence-electron chi connectivity index (χ4n) is 6.05. The molecule has 2 saturated heterocycles. The summed E-state index contributed by atoms with van der Waals surface area (Å²) in [6.07, 6.45) is 4.79. The number of ether oxygens (including phenoxy) is 1. The zero-order valence-corrected chi connectivity index (χ0v) is 25.7. The first kappa shape index (κ1) is 29.2. The van der Waals surface area contributed by atoms with Crippen LogP contribution >= 0.6 is 11.3 Å². The topological polar surface area (TPSA) is 83.3 Å². The summed E-state index contributed by atoms with van der Waals surface area (Å²) >= 11 is 1.55. The van der Waals surface area contributed by atoms with Crippen LogP contribution in [-0.4, -0.2) is 90.9 Å². The Labute approximate surface area is 251 Å². The molecule has 0 amide bonds. The van der Waals surface area contributed by atoms with Gasteiger partial charge in [0.25, 0.3) is 0 Å². The number of aryl methyl sites for hydroxylation is 1. The zero-order chi connectivity index (χ0) is 29.2. The van der Waals surface area contributed by atoms with E-state index in [1.807, 2.05) is 12.4 Å². The normalized spacial score (nSPS) is 18.2. The summed E-state index contributed by atoms with van der Waals surface area (Å²) in [5, 5.41) is 2.37. The molecule has 12 heteroatoms. The zero-order valence-electron chi connectivity index (χ0n) is 24.0. The van der Waals surface area contributed by atoms with Gasteiger partial charge >= 0.3 is 0 Å². The van der Waals surface area contributed by atoms with Crippen LogP contribution in [0.3, 0.4) is 0 Å². The highest BCUT2D eigenvalue weighted by molar-refractivity contribution is 7.73. The second-order valence-electron chi connectivity index (χ2n) is 11.0. The minimum Gasteiger partial charge on any atom is -0.379 e. The molecule has 4 aromatic rings. The first-order valence-electron chi connectivity index (χ1n) is 14.5. The van der Waals surface area contributed by atoms with Crippen LogP contribution in [0.15, 0.2) is 48.0 Å². The lowest BCUT2D eigenvalue weighted by Crippen LogP contribution is -2.50. The number of thiol groups is 1. The Hall–Kier alpha value is -2.90. The molecule has 9 nitrogen and oxygen atoms in total. The number of likely N-dealkylation sites (tertiary alicyclic amines) is 1. The molecule has 0 aliphatic carbocycles. The number of thiazole rings is 1. The number of hydrogen-bond donors (Lipinski definition) is 1. The van der Waals surface area contributed by atoms with E-state index in [0.29, 0.717) is 25.7 Å². The van der Waals surface area contributed by atoms with Crippen molar-refractivity contribution >= 4 is 38.6 Å². The van der Waals surface area contributed by atoms with Crippen LogP contribution in [0.1, 0.15) is 36.9 Å². The molecule has 1 atom stereocenters. The summed E-state index contributed by atoms with van der Waals surface area (Å²) in [4.78, 5) is 16.2. The van der Waals surface area contributed by atoms with E-state index in [-0.39, 0.29) is 5.82 Å². The van der Waals surface area contributed by atoms with Gasteiger partial charge in [0, 0.05) is 43.8 Å². The van der Waals surface area contributed by atoms with Crippen LogP contribution in [0, 0.1) is 5.82 Å². The number of halogens is 1. The minimum atomic E-state index is -2.55. The second-order valence-corrected chi connectivity index (χ2v) is 13.0. The molecule has 1 unspecified atom stereocenters. The van der Waals surface area contributed by atoms with E-state index in [9.17, 15) is 12.8 Å². The molecular weight excluding hydrogens is 576 g/mol. The van der Waals surface area contributed by atoms with Crippen LogP contribution in [0.2, 0.25) is 0 Å². The van der Waals surface area contributed by atoms with Crippen LogP contribution in [0.5, 0.6) is 0 Å². The third kappa shape index (κ3) is 6.09. The van der Waals surface area contributed by atoms with E-state index in [1.165, 1.54) is 17.7 Å². The second kappa shape index (κ2) is 12.8. The number of fused-ring (bicyclic) bond motifs is 1. The molecular formula is C30H37FN6O3S2. The van der Waals surface area contributed by atoms with E-state index < -0.39 is 16.1 Å². The third-order valence-corrected chi connectivity index (χ3v) is 10.3. The number of nitrogens with zero attached hydrogens (tertiary/aromatic N) is 6. The summed E-state index contributed by atoms with van der Waals surface area (Å²) < 4.78 is 45.5. The van der Waals surface area contributed by atoms with Crippen molar-refractivity contribution in [3.05, 3.63) is 65.0 Å². The lowest BCUT2D eigenvalue weighted by Gasteiger charge is -2.38. The molecule has 6 rings (SSSR count). The maximum absolute atomic E-state index is 13.4. The number of hydrogen-bond acceptors (Lipinski definition) is 9. The maximum atomic E-state index is 13.4. The van der Waals surface area contributed by atoms with Crippen molar-refractivity contribution in [3.63, 3.8) is 0 Å². The van der Waals surface area contributed by atoms with Gasteiger partial charge in [-0.1, -0.05) is 13.0 Å². The number of piperidine rings is 1. The highest BCUT2D eigenvalue weighted by Gasteiger charge is 2.30. The molecule has 3 aromatic heterocycles. The number of benzene rings is 1. The van der Waals surface area contributed by atoms with Gasteiger partial charge in [-0.15, -0.1) is 11.3 Å². The highest BCUT2D eigenvalue weighted by atomic mass is 32.2. The number of pyridine rings is 1. The predicted octanol–water partition coefficient (Wildman–Crippen LogP) is 4.38. The van der Waals surface area contributed by atoms with Crippen molar-refractivity contribution in [1.29, 1.82) is 0 Å². The van der Waals surface area contributed by atoms with Gasteiger partial charge in [-0.25, -0.2) is 22.8 Å². The molecule has 2 fully saturated rings. The molecule has 224 valence electrons. The molecule has 2 aliphatic rings. The standard InChI is InChI=1S/C30H37FN6O3S2/c1-3-25-29(34(2)30-33-26(20-41-30)22-4-7-24(31)8-5-22)37-18-23(6-9-27(37)32-25)21-10-12-36(13-11-21)28(42(38)39)19-35-14-16-40-17-15-35/h4-9,18,20-21,28,42H,3,10-17,19H2,1-2H3. The van der Waals surface area contributed by atoms with Gasteiger partial charge in [0.15, 0.2) is 15.8 Å². The molecule has 2 aliphatic heterocycles. The largest absolute Gasteiger partial charge is 0.379 e. The highest BCUT2D eigenvalue weighted by Crippen LogP contribution is 2.35. The molecule has 1 aromatic carbocycles. The van der Waals surface area contributed by atoms with Gasteiger partial charge in [-0.2, -0.15) is 0 Å². The molecule has 0 bridgehead atoms. The summed E-state index contributed by atoms with van der Waals surface area (Å²) in [6, 6.07) is 10.7. The number of aromatic nitrogens is 3. The van der Waals surface area contributed by atoms with E-state index in [4.69, 9.17) is 14.7 Å². The van der Waals surface area contributed by atoms with Crippen molar-refractivity contribution in [1.82, 2.24) is 24.2 Å². The van der Waals surface area contributed by atoms with Gasteiger partial charge in [0.1, 0.15) is 22.7 Å². The Bertz CT molecular complexity index is 1580. The summed E-state index contributed by atoms with van der Waals surface area (Å²) in [6.45, 7) is 7.05. The Morgan fingerprint density at radius 2 is 1.81 bits per heavy atom. The molecule has 0 radical (unpaired) electrons. The van der Waals surface area contributed by atoms with Crippen molar-refractivity contribution in [2.75, 3.05) is 57.9 Å².